The minimum absolute atomic E-state index is 0.189. The summed E-state index contributed by atoms with van der Waals surface area (Å²) in [5.74, 6) is 0. The van der Waals surface area contributed by atoms with Gasteiger partial charge in [0.25, 0.3) is 0 Å². The van der Waals surface area contributed by atoms with Crippen molar-refractivity contribution in [1.29, 1.82) is 0 Å². The normalized spacial score (nSPS) is 30.5. The quantitative estimate of drug-likeness (QED) is 0.724. The van der Waals surface area contributed by atoms with Gasteiger partial charge < -0.3 is 13.6 Å². The average Bonchev–Trinajstić information content (AvgIpc) is 2.16. The lowest BCUT2D eigenvalue weighted by Crippen LogP contribution is -2.55. The second kappa shape index (κ2) is 5.75. The van der Waals surface area contributed by atoms with Gasteiger partial charge in [0.1, 0.15) is 5.60 Å². The molecular weight excluding hydrogens is 260 g/mol. The Hall–Kier alpha value is 0.314. The van der Waals surface area contributed by atoms with Gasteiger partial charge in [-0.25, -0.2) is 0 Å². The Bertz CT molecular complexity index is 270. The minimum atomic E-state index is -1.53. The van der Waals surface area contributed by atoms with E-state index in [-0.39, 0.29) is 11.7 Å². The molecule has 5 heteroatoms. The Balaban J connectivity index is 2.67. The van der Waals surface area contributed by atoms with Gasteiger partial charge in [-0.1, -0.05) is 0 Å². The van der Waals surface area contributed by atoms with Crippen molar-refractivity contribution in [3.05, 3.63) is 0 Å². The van der Waals surface area contributed by atoms with Crippen molar-refractivity contribution in [3.8, 4) is 0 Å². The third kappa shape index (κ3) is 5.53. The molecule has 1 aliphatic heterocycles. The molecule has 0 amide bonds. The molecule has 2 atom stereocenters. The first kappa shape index (κ1) is 16.4. The highest BCUT2D eigenvalue weighted by Crippen LogP contribution is 2.31. The van der Waals surface area contributed by atoms with Gasteiger partial charge >= 0.3 is 0 Å². The monoisotopic (exact) mass is 290 g/mol. The van der Waals surface area contributed by atoms with Crippen LogP contribution in [0.3, 0.4) is 0 Å². The van der Waals surface area contributed by atoms with Gasteiger partial charge in [0.2, 0.25) is 0 Å². The number of rotatable bonds is 5. The third-order valence-electron chi connectivity index (χ3n) is 3.01. The molecule has 0 aromatic rings. The first-order valence-corrected chi connectivity index (χ1v) is 13.8. The van der Waals surface area contributed by atoms with E-state index < -0.39 is 16.6 Å². The summed E-state index contributed by atoms with van der Waals surface area (Å²) in [5, 5.41) is 0. The fourth-order valence-electron chi connectivity index (χ4n) is 2.08. The summed E-state index contributed by atoms with van der Waals surface area (Å²) in [6, 6.07) is 0. The van der Waals surface area contributed by atoms with Crippen LogP contribution in [0.1, 0.15) is 19.8 Å². The SMILES string of the molecule is C[C@@]1(CO[Si](C)(C)C)OCCC[C@H]1O[Si](C)(C)C. The minimum Gasteiger partial charge on any atom is -0.415 e. The maximum absolute atomic E-state index is 6.31. The Morgan fingerprint density at radius 3 is 2.22 bits per heavy atom. The molecule has 1 rings (SSSR count). The van der Waals surface area contributed by atoms with Crippen LogP contribution in [-0.4, -0.2) is 41.6 Å². The van der Waals surface area contributed by atoms with Crippen molar-refractivity contribution in [2.45, 2.75) is 70.8 Å². The molecule has 0 aromatic carbocycles. The fourth-order valence-corrected chi connectivity index (χ4v) is 4.02. The molecule has 3 nitrogen and oxygen atoms in total. The average molecular weight is 291 g/mol. The van der Waals surface area contributed by atoms with Crippen LogP contribution in [0, 0.1) is 0 Å². The highest BCUT2D eigenvalue weighted by atomic mass is 28.4. The van der Waals surface area contributed by atoms with Gasteiger partial charge in [-0.2, -0.15) is 0 Å². The summed E-state index contributed by atoms with van der Waals surface area (Å²) in [5.41, 5.74) is -0.265. The number of hydrogen-bond donors (Lipinski definition) is 0. The van der Waals surface area contributed by atoms with E-state index in [0.717, 1.165) is 19.4 Å². The van der Waals surface area contributed by atoms with E-state index >= 15 is 0 Å². The van der Waals surface area contributed by atoms with Crippen molar-refractivity contribution in [1.82, 2.24) is 0 Å². The lowest BCUT2D eigenvalue weighted by atomic mass is 9.93. The molecule has 18 heavy (non-hydrogen) atoms. The molecule has 0 saturated carbocycles. The molecule has 0 aliphatic carbocycles. The molecule has 0 bridgehead atoms. The van der Waals surface area contributed by atoms with Crippen LogP contribution in [0.4, 0.5) is 0 Å². The van der Waals surface area contributed by atoms with Gasteiger partial charge in [-0.3, -0.25) is 0 Å². The first-order chi connectivity index (χ1) is 8.02. The number of ether oxygens (including phenoxy) is 1. The first-order valence-electron chi connectivity index (χ1n) is 6.98. The van der Waals surface area contributed by atoms with Crippen LogP contribution in [0.15, 0.2) is 0 Å². The van der Waals surface area contributed by atoms with Crippen molar-refractivity contribution in [2.24, 2.45) is 0 Å². The maximum atomic E-state index is 6.31. The van der Waals surface area contributed by atoms with Crippen molar-refractivity contribution >= 4 is 16.6 Å². The van der Waals surface area contributed by atoms with Crippen LogP contribution in [-0.2, 0) is 13.6 Å². The van der Waals surface area contributed by atoms with Gasteiger partial charge in [0.05, 0.1) is 12.7 Å². The summed E-state index contributed by atoms with van der Waals surface area (Å²) >= 11 is 0. The van der Waals surface area contributed by atoms with Gasteiger partial charge in [0, 0.05) is 6.61 Å². The van der Waals surface area contributed by atoms with E-state index in [9.17, 15) is 0 Å². The largest absolute Gasteiger partial charge is 0.415 e. The van der Waals surface area contributed by atoms with E-state index in [0.29, 0.717) is 6.61 Å². The molecule has 1 heterocycles. The summed E-state index contributed by atoms with van der Waals surface area (Å²) < 4.78 is 18.4. The smallest absolute Gasteiger partial charge is 0.184 e. The predicted molar refractivity (Wildman–Crippen MR) is 81.1 cm³/mol. The molecule has 0 spiro atoms. The maximum Gasteiger partial charge on any atom is 0.184 e. The van der Waals surface area contributed by atoms with Crippen LogP contribution in [0.25, 0.3) is 0 Å². The van der Waals surface area contributed by atoms with Gasteiger partial charge in [0.15, 0.2) is 16.6 Å². The van der Waals surface area contributed by atoms with Crippen molar-refractivity contribution in [3.63, 3.8) is 0 Å². The van der Waals surface area contributed by atoms with Crippen molar-refractivity contribution in [2.75, 3.05) is 13.2 Å². The molecule has 1 saturated heterocycles. The van der Waals surface area contributed by atoms with Crippen LogP contribution in [0.5, 0.6) is 0 Å². The van der Waals surface area contributed by atoms with Crippen LogP contribution >= 0.6 is 0 Å². The van der Waals surface area contributed by atoms with E-state index in [1.165, 1.54) is 0 Å². The summed E-state index contributed by atoms with van der Waals surface area (Å²) in [6.45, 7) is 17.0. The van der Waals surface area contributed by atoms with Crippen molar-refractivity contribution < 1.29 is 13.6 Å². The summed E-state index contributed by atoms with van der Waals surface area (Å²) in [7, 11) is -3.03. The lowest BCUT2D eigenvalue weighted by Gasteiger charge is -2.44. The Morgan fingerprint density at radius 1 is 1.11 bits per heavy atom. The second-order valence-corrected chi connectivity index (χ2v) is 16.4. The lowest BCUT2D eigenvalue weighted by molar-refractivity contribution is -0.154. The molecule has 0 unspecified atom stereocenters. The predicted octanol–water partition coefficient (Wildman–Crippen LogP) is 3.63. The van der Waals surface area contributed by atoms with E-state index in [1.54, 1.807) is 0 Å². The zero-order chi connectivity index (χ0) is 14.0. The summed E-state index contributed by atoms with van der Waals surface area (Å²) in [4.78, 5) is 0. The second-order valence-electron chi connectivity index (χ2n) is 7.42. The Kier molecular flexibility index (Phi) is 5.23. The standard InChI is InChI=1S/C13H30O3Si2/c1-13(11-15-17(2,3)4)12(9-8-10-14-13)16-18(5,6)7/h12H,8-11H2,1-7H3/t12-,13+/m1/s1. The molecule has 108 valence electrons. The topological polar surface area (TPSA) is 27.7 Å². The van der Waals surface area contributed by atoms with E-state index in [2.05, 4.69) is 46.2 Å². The molecule has 0 radical (unpaired) electrons. The zero-order valence-electron chi connectivity index (χ0n) is 13.1. The van der Waals surface area contributed by atoms with Gasteiger partial charge in [-0.05, 0) is 59.0 Å². The molecule has 1 fully saturated rings. The van der Waals surface area contributed by atoms with Crippen LogP contribution in [0.2, 0.25) is 39.3 Å². The Morgan fingerprint density at radius 2 is 1.72 bits per heavy atom. The van der Waals surface area contributed by atoms with Gasteiger partial charge in [-0.15, -0.1) is 0 Å². The van der Waals surface area contributed by atoms with E-state index in [1.807, 2.05) is 0 Å². The summed E-state index contributed by atoms with van der Waals surface area (Å²) in [6.07, 6.45) is 2.38. The zero-order valence-corrected chi connectivity index (χ0v) is 15.1. The highest BCUT2D eigenvalue weighted by molar-refractivity contribution is 6.70. The third-order valence-corrected chi connectivity index (χ3v) is 5.01. The molecule has 0 aromatic heterocycles. The number of hydrogen-bond acceptors (Lipinski definition) is 3. The fraction of sp³-hybridized carbons (Fsp3) is 1.00. The van der Waals surface area contributed by atoms with E-state index in [4.69, 9.17) is 13.6 Å². The van der Waals surface area contributed by atoms with Crippen LogP contribution < -0.4 is 0 Å². The molecule has 1 aliphatic rings. The highest BCUT2D eigenvalue weighted by Gasteiger charge is 2.42. The molecular formula is C13H30O3Si2. The molecule has 0 N–H and O–H groups in total. The Labute approximate surface area is 114 Å².